The number of rotatable bonds is 5. The van der Waals surface area contributed by atoms with Crippen LogP contribution in [0.5, 0.6) is 0 Å². The summed E-state index contributed by atoms with van der Waals surface area (Å²) < 4.78 is 3.52. The zero-order chi connectivity index (χ0) is 18.0. The fourth-order valence-corrected chi connectivity index (χ4v) is 2.77. The summed E-state index contributed by atoms with van der Waals surface area (Å²) in [6.07, 6.45) is 0. The summed E-state index contributed by atoms with van der Waals surface area (Å²) >= 11 is 0. The monoisotopic (exact) mass is 339 g/mol. The van der Waals surface area contributed by atoms with Gasteiger partial charge in [-0.05, 0) is 43.3 Å². The van der Waals surface area contributed by atoms with E-state index < -0.39 is 0 Å². The number of carbonyl (C=O) groups excluding carboxylic acids is 1. The maximum absolute atomic E-state index is 12.5. The van der Waals surface area contributed by atoms with Crippen LogP contribution in [0.15, 0.2) is 24.3 Å². The lowest BCUT2D eigenvalue weighted by Gasteiger charge is -2.08. The standard InChI is InChI=1S/C17H21N7O/c1-5-24-16(19-21-22-24)13-7-6-8-14(9-13)17(25)18-10-15-11(2)20-23(4)12(15)3/h6-9H,5,10H2,1-4H3,(H,18,25). The van der Waals surface area contributed by atoms with Crippen molar-refractivity contribution in [1.82, 2.24) is 35.3 Å². The Kier molecular flexibility index (Phi) is 4.60. The average molecular weight is 339 g/mol. The number of nitrogens with zero attached hydrogens (tertiary/aromatic N) is 6. The first-order valence-corrected chi connectivity index (χ1v) is 8.15. The van der Waals surface area contributed by atoms with Crippen molar-refractivity contribution in [2.24, 2.45) is 7.05 Å². The van der Waals surface area contributed by atoms with Crippen molar-refractivity contribution in [2.45, 2.75) is 33.9 Å². The fraction of sp³-hybridized carbons (Fsp3) is 0.353. The van der Waals surface area contributed by atoms with Crippen molar-refractivity contribution >= 4 is 5.91 Å². The summed E-state index contributed by atoms with van der Waals surface area (Å²) in [5.41, 5.74) is 4.40. The highest BCUT2D eigenvalue weighted by molar-refractivity contribution is 5.95. The highest BCUT2D eigenvalue weighted by atomic mass is 16.1. The molecule has 0 atom stereocenters. The van der Waals surface area contributed by atoms with Crippen LogP contribution in [0.4, 0.5) is 0 Å². The van der Waals surface area contributed by atoms with Crippen LogP contribution >= 0.6 is 0 Å². The van der Waals surface area contributed by atoms with Gasteiger partial charge in [-0.1, -0.05) is 12.1 Å². The van der Waals surface area contributed by atoms with Crippen molar-refractivity contribution in [3.63, 3.8) is 0 Å². The zero-order valence-electron chi connectivity index (χ0n) is 14.8. The van der Waals surface area contributed by atoms with Gasteiger partial charge in [-0.2, -0.15) is 5.10 Å². The summed E-state index contributed by atoms with van der Waals surface area (Å²) in [5, 5.41) is 19.0. The SMILES string of the molecule is CCn1nnnc1-c1cccc(C(=O)NCc2c(C)nn(C)c2C)c1. The van der Waals surface area contributed by atoms with Crippen LogP contribution < -0.4 is 5.32 Å². The van der Waals surface area contributed by atoms with E-state index in [1.807, 2.05) is 44.6 Å². The number of nitrogens with one attached hydrogen (secondary N) is 1. The van der Waals surface area contributed by atoms with E-state index in [2.05, 4.69) is 25.9 Å². The Morgan fingerprint density at radius 2 is 2.08 bits per heavy atom. The van der Waals surface area contributed by atoms with E-state index in [1.165, 1.54) is 0 Å². The van der Waals surface area contributed by atoms with Gasteiger partial charge in [0.1, 0.15) is 0 Å². The molecule has 0 spiro atoms. The molecule has 0 fully saturated rings. The molecule has 3 aromatic rings. The molecule has 1 N–H and O–H groups in total. The minimum atomic E-state index is -0.139. The predicted molar refractivity (Wildman–Crippen MR) is 92.8 cm³/mol. The number of aryl methyl sites for hydroxylation is 3. The summed E-state index contributed by atoms with van der Waals surface area (Å²) in [6.45, 7) is 7.01. The molecule has 0 aliphatic heterocycles. The molecule has 2 heterocycles. The molecule has 1 amide bonds. The molecule has 0 saturated heterocycles. The van der Waals surface area contributed by atoms with Crippen LogP contribution in [0, 0.1) is 13.8 Å². The number of carbonyl (C=O) groups is 1. The molecule has 0 bridgehead atoms. The van der Waals surface area contributed by atoms with Gasteiger partial charge in [-0.15, -0.1) is 5.10 Å². The molecule has 0 aliphatic rings. The zero-order valence-corrected chi connectivity index (χ0v) is 14.8. The van der Waals surface area contributed by atoms with Gasteiger partial charge in [0.25, 0.3) is 5.91 Å². The van der Waals surface area contributed by atoms with Gasteiger partial charge in [-0.3, -0.25) is 9.48 Å². The second-order valence-electron chi connectivity index (χ2n) is 5.85. The Morgan fingerprint density at radius 3 is 2.76 bits per heavy atom. The largest absolute Gasteiger partial charge is 0.348 e. The van der Waals surface area contributed by atoms with Crippen LogP contribution in [0.3, 0.4) is 0 Å². The number of aromatic nitrogens is 6. The van der Waals surface area contributed by atoms with Gasteiger partial charge in [0.2, 0.25) is 0 Å². The Labute approximate surface area is 145 Å². The topological polar surface area (TPSA) is 90.5 Å². The molecule has 8 nitrogen and oxygen atoms in total. The van der Waals surface area contributed by atoms with Crippen molar-refractivity contribution < 1.29 is 4.79 Å². The summed E-state index contributed by atoms with van der Waals surface area (Å²) in [4.78, 5) is 12.5. The van der Waals surface area contributed by atoms with E-state index >= 15 is 0 Å². The third-order valence-electron chi connectivity index (χ3n) is 4.30. The van der Waals surface area contributed by atoms with E-state index in [1.54, 1.807) is 16.8 Å². The van der Waals surface area contributed by atoms with E-state index in [4.69, 9.17) is 0 Å². The van der Waals surface area contributed by atoms with Crippen LogP contribution in [0.25, 0.3) is 11.4 Å². The van der Waals surface area contributed by atoms with E-state index in [0.29, 0.717) is 24.5 Å². The van der Waals surface area contributed by atoms with E-state index in [9.17, 15) is 4.79 Å². The van der Waals surface area contributed by atoms with Gasteiger partial charge in [-0.25, -0.2) is 4.68 Å². The Balaban J connectivity index is 1.78. The molecular weight excluding hydrogens is 318 g/mol. The quantitative estimate of drug-likeness (QED) is 0.763. The van der Waals surface area contributed by atoms with Crippen molar-refractivity contribution in [1.29, 1.82) is 0 Å². The summed E-state index contributed by atoms with van der Waals surface area (Å²) in [6, 6.07) is 7.31. The first-order valence-electron chi connectivity index (χ1n) is 8.15. The minimum Gasteiger partial charge on any atom is -0.348 e. The molecule has 8 heteroatoms. The fourth-order valence-electron chi connectivity index (χ4n) is 2.77. The highest BCUT2D eigenvalue weighted by Gasteiger charge is 2.13. The summed E-state index contributed by atoms with van der Waals surface area (Å²) in [5.74, 6) is 0.510. The maximum atomic E-state index is 12.5. The normalized spacial score (nSPS) is 10.9. The Bertz CT molecular complexity index is 910. The van der Waals surface area contributed by atoms with Gasteiger partial charge in [0.15, 0.2) is 5.82 Å². The third-order valence-corrected chi connectivity index (χ3v) is 4.30. The molecule has 1 aromatic carbocycles. The van der Waals surface area contributed by atoms with Crippen molar-refractivity contribution in [2.75, 3.05) is 0 Å². The smallest absolute Gasteiger partial charge is 0.251 e. The second-order valence-corrected chi connectivity index (χ2v) is 5.85. The van der Waals surface area contributed by atoms with Crippen molar-refractivity contribution in [3.05, 3.63) is 46.8 Å². The lowest BCUT2D eigenvalue weighted by Crippen LogP contribution is -2.23. The number of hydrogen-bond donors (Lipinski definition) is 1. The Hall–Kier alpha value is -3.03. The van der Waals surface area contributed by atoms with Gasteiger partial charge in [0, 0.05) is 42.5 Å². The van der Waals surface area contributed by atoms with Crippen molar-refractivity contribution in [3.8, 4) is 11.4 Å². The molecule has 0 saturated carbocycles. The first-order chi connectivity index (χ1) is 12.0. The molecule has 0 radical (unpaired) electrons. The van der Waals surface area contributed by atoms with Gasteiger partial charge in [0.05, 0.1) is 5.69 Å². The molecule has 0 aliphatic carbocycles. The van der Waals surface area contributed by atoms with Crippen LogP contribution in [-0.4, -0.2) is 35.9 Å². The number of benzene rings is 1. The van der Waals surface area contributed by atoms with Crippen LogP contribution in [0.2, 0.25) is 0 Å². The second kappa shape index (κ2) is 6.84. The number of tetrazole rings is 1. The summed E-state index contributed by atoms with van der Waals surface area (Å²) in [7, 11) is 1.90. The van der Waals surface area contributed by atoms with Gasteiger partial charge >= 0.3 is 0 Å². The molecule has 0 unspecified atom stereocenters. The lowest BCUT2D eigenvalue weighted by molar-refractivity contribution is 0.0951. The van der Waals surface area contributed by atoms with E-state index in [0.717, 1.165) is 22.5 Å². The number of amides is 1. The number of hydrogen-bond acceptors (Lipinski definition) is 5. The van der Waals surface area contributed by atoms with E-state index in [-0.39, 0.29) is 5.91 Å². The minimum absolute atomic E-state index is 0.139. The third kappa shape index (κ3) is 3.28. The molecular formula is C17H21N7O. The molecule has 2 aromatic heterocycles. The molecule has 130 valence electrons. The van der Waals surface area contributed by atoms with Crippen LogP contribution in [-0.2, 0) is 20.1 Å². The first kappa shape index (κ1) is 16.8. The Morgan fingerprint density at radius 1 is 1.28 bits per heavy atom. The van der Waals surface area contributed by atoms with Crippen LogP contribution in [0.1, 0.15) is 34.2 Å². The predicted octanol–water partition coefficient (Wildman–Crippen LogP) is 1.64. The average Bonchev–Trinajstić information content (AvgIpc) is 3.18. The molecule has 3 rings (SSSR count). The maximum Gasteiger partial charge on any atom is 0.251 e. The van der Waals surface area contributed by atoms with Gasteiger partial charge < -0.3 is 5.32 Å². The lowest BCUT2D eigenvalue weighted by atomic mass is 10.1. The molecule has 25 heavy (non-hydrogen) atoms. The highest BCUT2D eigenvalue weighted by Crippen LogP contribution is 2.18.